The lowest BCUT2D eigenvalue weighted by atomic mass is 10.2. The maximum absolute atomic E-state index is 13.1. The van der Waals surface area contributed by atoms with Crippen molar-refractivity contribution in [3.63, 3.8) is 0 Å². The normalized spacial score (nSPS) is 11.0. The van der Waals surface area contributed by atoms with E-state index in [1.54, 1.807) is 19.1 Å². The molecule has 2 aromatic rings. The molecule has 9 heteroatoms. The zero-order valence-corrected chi connectivity index (χ0v) is 14.8. The summed E-state index contributed by atoms with van der Waals surface area (Å²) in [4.78, 5) is 10.1. The van der Waals surface area contributed by atoms with E-state index in [9.17, 15) is 18.5 Å². The Morgan fingerprint density at radius 1 is 1.12 bits per heavy atom. The van der Waals surface area contributed by atoms with Gasteiger partial charge in [-0.15, -0.1) is 0 Å². The summed E-state index contributed by atoms with van der Waals surface area (Å²) < 4.78 is 37.6. The minimum atomic E-state index is -4.18. The summed E-state index contributed by atoms with van der Waals surface area (Å²) in [6.07, 6.45) is 0. The van der Waals surface area contributed by atoms with Crippen LogP contribution in [0.2, 0.25) is 0 Å². The molecule has 0 aliphatic heterocycles. The van der Waals surface area contributed by atoms with Gasteiger partial charge in [0.05, 0.1) is 24.8 Å². The number of hydrogen-bond acceptors (Lipinski definition) is 6. The van der Waals surface area contributed by atoms with Gasteiger partial charge in [-0.25, -0.2) is 8.42 Å². The van der Waals surface area contributed by atoms with E-state index in [0.29, 0.717) is 11.5 Å². The van der Waals surface area contributed by atoms with E-state index in [0.717, 1.165) is 10.4 Å². The number of para-hydroxylation sites is 1. The maximum atomic E-state index is 13.1. The average molecular weight is 366 g/mol. The third kappa shape index (κ3) is 3.50. The molecule has 0 unspecified atom stereocenters. The number of benzene rings is 2. The van der Waals surface area contributed by atoms with Gasteiger partial charge in [0.15, 0.2) is 4.90 Å². The van der Waals surface area contributed by atoms with E-state index >= 15 is 0 Å². The number of sulfonamides is 1. The Morgan fingerprint density at radius 2 is 1.80 bits per heavy atom. The van der Waals surface area contributed by atoms with E-state index in [2.05, 4.69) is 0 Å². The second-order valence-electron chi connectivity index (χ2n) is 4.93. The fourth-order valence-electron chi connectivity index (χ4n) is 2.41. The average Bonchev–Trinajstić information content (AvgIpc) is 2.61. The van der Waals surface area contributed by atoms with Crippen LogP contribution in [0.15, 0.2) is 47.4 Å². The van der Waals surface area contributed by atoms with Crippen molar-refractivity contribution >= 4 is 21.4 Å². The molecule has 2 rings (SSSR count). The molecular formula is C16H18N2O6S. The third-order valence-corrected chi connectivity index (χ3v) is 5.51. The van der Waals surface area contributed by atoms with Crippen LogP contribution < -0.4 is 13.8 Å². The van der Waals surface area contributed by atoms with Gasteiger partial charge < -0.3 is 9.47 Å². The van der Waals surface area contributed by atoms with E-state index in [-0.39, 0.29) is 17.1 Å². The molecule has 134 valence electrons. The van der Waals surface area contributed by atoms with Crippen LogP contribution in [-0.4, -0.2) is 34.1 Å². The van der Waals surface area contributed by atoms with Crippen LogP contribution >= 0.6 is 0 Å². The minimum Gasteiger partial charge on any atom is -0.497 e. The number of nitro benzene ring substituents is 1. The van der Waals surface area contributed by atoms with Crippen LogP contribution in [0.1, 0.15) is 6.92 Å². The highest BCUT2D eigenvalue weighted by Gasteiger charge is 2.32. The van der Waals surface area contributed by atoms with E-state index in [1.807, 2.05) is 0 Å². The van der Waals surface area contributed by atoms with Crippen molar-refractivity contribution in [2.24, 2.45) is 0 Å². The predicted octanol–water partition coefficient (Wildman–Crippen LogP) is 2.83. The van der Waals surface area contributed by atoms with Crippen molar-refractivity contribution < 1.29 is 22.8 Å². The number of nitro groups is 1. The van der Waals surface area contributed by atoms with Gasteiger partial charge in [0.2, 0.25) is 0 Å². The second-order valence-corrected chi connectivity index (χ2v) is 6.76. The molecule has 0 aromatic heterocycles. The highest BCUT2D eigenvalue weighted by Crippen LogP contribution is 2.37. The molecule has 25 heavy (non-hydrogen) atoms. The highest BCUT2D eigenvalue weighted by atomic mass is 32.2. The zero-order chi connectivity index (χ0) is 18.6. The van der Waals surface area contributed by atoms with E-state index in [4.69, 9.17) is 9.47 Å². The summed E-state index contributed by atoms with van der Waals surface area (Å²) >= 11 is 0. The van der Waals surface area contributed by atoms with Gasteiger partial charge in [-0.1, -0.05) is 12.1 Å². The van der Waals surface area contributed by atoms with Crippen molar-refractivity contribution in [2.45, 2.75) is 11.8 Å². The summed E-state index contributed by atoms with van der Waals surface area (Å²) in [7, 11) is -1.31. The Bertz CT molecular complexity index is 882. The van der Waals surface area contributed by atoms with Crippen LogP contribution in [0.4, 0.5) is 11.4 Å². The van der Waals surface area contributed by atoms with Gasteiger partial charge in [0, 0.05) is 18.7 Å². The highest BCUT2D eigenvalue weighted by molar-refractivity contribution is 7.93. The number of ether oxygens (including phenoxy) is 2. The molecule has 0 saturated carbocycles. The Hall–Kier alpha value is -2.81. The molecular weight excluding hydrogens is 348 g/mol. The van der Waals surface area contributed by atoms with Gasteiger partial charge in [0.1, 0.15) is 11.5 Å². The molecule has 2 aromatic carbocycles. The summed E-state index contributed by atoms with van der Waals surface area (Å²) in [6, 6.07) is 9.94. The first kappa shape index (κ1) is 18.5. The van der Waals surface area contributed by atoms with Crippen LogP contribution in [0.5, 0.6) is 11.5 Å². The third-order valence-electron chi connectivity index (χ3n) is 3.57. The van der Waals surface area contributed by atoms with Gasteiger partial charge in [-0.05, 0) is 25.1 Å². The fraction of sp³-hybridized carbons (Fsp3) is 0.250. The molecule has 0 fully saturated rings. The largest absolute Gasteiger partial charge is 0.497 e. The van der Waals surface area contributed by atoms with Crippen LogP contribution in [-0.2, 0) is 10.0 Å². The Labute approximate surface area is 145 Å². The molecule has 0 radical (unpaired) electrons. The summed E-state index contributed by atoms with van der Waals surface area (Å²) in [6.45, 7) is 1.68. The fourth-order valence-corrected chi connectivity index (χ4v) is 4.04. The first-order valence-electron chi connectivity index (χ1n) is 7.35. The van der Waals surface area contributed by atoms with Crippen molar-refractivity contribution in [3.8, 4) is 11.5 Å². The molecule has 0 spiro atoms. The first-order valence-corrected chi connectivity index (χ1v) is 8.79. The summed E-state index contributed by atoms with van der Waals surface area (Å²) in [5.41, 5.74) is -0.245. The smallest absolute Gasteiger partial charge is 0.289 e. The lowest BCUT2D eigenvalue weighted by Crippen LogP contribution is -2.31. The molecule has 0 atom stereocenters. The van der Waals surface area contributed by atoms with Crippen LogP contribution in [0, 0.1) is 10.1 Å². The number of hydrogen-bond donors (Lipinski definition) is 0. The number of methoxy groups -OCH3 is 2. The first-order chi connectivity index (χ1) is 11.9. The lowest BCUT2D eigenvalue weighted by Gasteiger charge is -2.25. The summed E-state index contributed by atoms with van der Waals surface area (Å²) in [5.74, 6) is 0.747. The standard InChI is InChI=1S/C16H18N2O6S/c1-4-17(14-11-12(23-2)9-10-15(14)24-3)25(21,22)16-8-6-5-7-13(16)18(19)20/h5-11H,4H2,1-3H3. The Kier molecular flexibility index (Phi) is 5.48. The SMILES string of the molecule is CCN(c1cc(OC)ccc1OC)S(=O)(=O)c1ccccc1[N+](=O)[O-]. The predicted molar refractivity (Wildman–Crippen MR) is 92.8 cm³/mol. The molecule has 0 bridgehead atoms. The Balaban J connectivity index is 2.67. The van der Waals surface area contributed by atoms with Crippen molar-refractivity contribution in [1.29, 1.82) is 0 Å². The molecule has 0 aliphatic rings. The number of anilines is 1. The van der Waals surface area contributed by atoms with E-state index < -0.39 is 20.6 Å². The molecule has 0 N–H and O–H groups in total. The van der Waals surface area contributed by atoms with Crippen molar-refractivity contribution in [3.05, 3.63) is 52.6 Å². The van der Waals surface area contributed by atoms with Crippen molar-refractivity contribution in [1.82, 2.24) is 0 Å². The van der Waals surface area contributed by atoms with Gasteiger partial charge in [-0.3, -0.25) is 14.4 Å². The van der Waals surface area contributed by atoms with Crippen LogP contribution in [0.3, 0.4) is 0 Å². The van der Waals surface area contributed by atoms with Gasteiger partial charge >= 0.3 is 0 Å². The maximum Gasteiger partial charge on any atom is 0.289 e. The lowest BCUT2D eigenvalue weighted by molar-refractivity contribution is -0.387. The van der Waals surface area contributed by atoms with Crippen LogP contribution in [0.25, 0.3) is 0 Å². The number of nitrogens with zero attached hydrogens (tertiary/aromatic N) is 2. The second kappa shape index (κ2) is 7.39. The Morgan fingerprint density at radius 3 is 2.36 bits per heavy atom. The molecule has 0 aliphatic carbocycles. The minimum absolute atomic E-state index is 0.0535. The quantitative estimate of drug-likeness (QED) is 0.552. The zero-order valence-electron chi connectivity index (χ0n) is 14.0. The molecule has 0 heterocycles. The molecule has 8 nitrogen and oxygen atoms in total. The van der Waals surface area contributed by atoms with E-state index in [1.165, 1.54) is 38.5 Å². The van der Waals surface area contributed by atoms with Gasteiger partial charge in [0.25, 0.3) is 15.7 Å². The summed E-state index contributed by atoms with van der Waals surface area (Å²) in [5, 5.41) is 11.2. The monoisotopic (exact) mass is 366 g/mol. The topological polar surface area (TPSA) is 99.0 Å². The molecule has 0 saturated heterocycles. The van der Waals surface area contributed by atoms with Crippen molar-refractivity contribution in [2.75, 3.05) is 25.1 Å². The molecule has 0 amide bonds. The van der Waals surface area contributed by atoms with Gasteiger partial charge in [-0.2, -0.15) is 0 Å². The number of rotatable bonds is 7.